The first-order valence-electron chi connectivity index (χ1n) is 7.70. The summed E-state index contributed by atoms with van der Waals surface area (Å²) in [7, 11) is 0. The summed E-state index contributed by atoms with van der Waals surface area (Å²) in [5.74, 6) is 2.19. The van der Waals surface area contributed by atoms with Gasteiger partial charge in [0.25, 0.3) is 0 Å². The Morgan fingerprint density at radius 2 is 2.16 bits per heavy atom. The van der Waals surface area contributed by atoms with E-state index >= 15 is 0 Å². The molecule has 2 bridgehead atoms. The summed E-state index contributed by atoms with van der Waals surface area (Å²) < 4.78 is -0.171. The fourth-order valence-corrected chi connectivity index (χ4v) is 4.98. The van der Waals surface area contributed by atoms with Crippen LogP contribution in [-0.4, -0.2) is 27.3 Å². The zero-order valence-electron chi connectivity index (χ0n) is 12.2. The molecule has 1 aliphatic heterocycles. The third kappa shape index (κ3) is 2.42. The number of hydrogen-bond donors (Lipinski definition) is 2. The van der Waals surface area contributed by atoms with Crippen molar-refractivity contribution in [1.29, 1.82) is 0 Å². The lowest BCUT2D eigenvalue weighted by atomic mass is 9.89. The summed E-state index contributed by atoms with van der Waals surface area (Å²) in [6, 6.07) is 0.598. The molecule has 2 N–H and O–H groups in total. The minimum Gasteiger partial charge on any atom is -0.370 e. The largest absolute Gasteiger partial charge is 0.370 e. The van der Waals surface area contributed by atoms with Gasteiger partial charge >= 0.3 is 0 Å². The van der Waals surface area contributed by atoms with E-state index in [0.29, 0.717) is 12.0 Å². The average molecular weight is 282 g/mol. The molecule has 0 saturated heterocycles. The summed E-state index contributed by atoms with van der Waals surface area (Å²) in [6.07, 6.45) is 6.33. The smallest absolute Gasteiger partial charge is 0.163 e. The van der Waals surface area contributed by atoms with E-state index in [1.165, 1.54) is 32.1 Å². The van der Waals surface area contributed by atoms with Crippen molar-refractivity contribution in [3.05, 3.63) is 0 Å². The molecule has 2 aliphatic carbocycles. The van der Waals surface area contributed by atoms with E-state index in [4.69, 9.17) is 0 Å². The number of rotatable bonds is 2. The highest BCUT2D eigenvalue weighted by atomic mass is 32.2. The molecule has 0 aromatic rings. The minimum absolute atomic E-state index is 0.171. The molecule has 1 heterocycles. The Labute approximate surface area is 120 Å². The number of aliphatic hydroxyl groups is 1. The topological polar surface area (TPSA) is 44.6 Å². The second kappa shape index (κ2) is 4.96. The van der Waals surface area contributed by atoms with Crippen molar-refractivity contribution in [1.82, 2.24) is 5.32 Å². The van der Waals surface area contributed by atoms with Crippen LogP contribution in [0.15, 0.2) is 4.99 Å². The van der Waals surface area contributed by atoms with Crippen molar-refractivity contribution >= 4 is 16.9 Å². The monoisotopic (exact) mass is 282 g/mol. The number of thioether (sulfide) groups is 1. The van der Waals surface area contributed by atoms with Crippen LogP contribution < -0.4 is 5.32 Å². The number of nitrogens with zero attached hydrogens (tertiary/aromatic N) is 1. The van der Waals surface area contributed by atoms with Crippen LogP contribution in [0.2, 0.25) is 0 Å². The first-order valence-corrected chi connectivity index (χ1v) is 8.52. The summed E-state index contributed by atoms with van der Waals surface area (Å²) in [6.45, 7) is 6.45. The van der Waals surface area contributed by atoms with Gasteiger partial charge in [0.1, 0.15) is 0 Å². The minimum atomic E-state index is -0.569. The molecule has 5 atom stereocenters. The Balaban J connectivity index is 1.64. The fourth-order valence-electron chi connectivity index (χ4n) is 3.81. The maximum atomic E-state index is 10.2. The first kappa shape index (κ1) is 13.7. The number of aliphatic hydroxyl groups excluding tert-OH is 1. The van der Waals surface area contributed by atoms with Crippen LogP contribution in [-0.2, 0) is 0 Å². The maximum Gasteiger partial charge on any atom is 0.163 e. The molecular formula is C15H26N2OS. The van der Waals surface area contributed by atoms with Gasteiger partial charge in [-0.2, -0.15) is 0 Å². The first-order chi connectivity index (χ1) is 8.99. The van der Waals surface area contributed by atoms with Gasteiger partial charge in [-0.25, -0.2) is 4.99 Å². The molecule has 5 unspecified atom stereocenters. The Morgan fingerprint density at radius 3 is 2.79 bits per heavy atom. The van der Waals surface area contributed by atoms with Gasteiger partial charge in [-0.05, 0) is 43.9 Å². The number of amidine groups is 1. The molecule has 2 saturated carbocycles. The lowest BCUT2D eigenvalue weighted by Crippen LogP contribution is -2.38. The predicted octanol–water partition coefficient (Wildman–Crippen LogP) is 2.99. The molecule has 3 rings (SSSR count). The molecule has 4 heteroatoms. The summed E-state index contributed by atoms with van der Waals surface area (Å²) in [5, 5.41) is 14.8. The van der Waals surface area contributed by atoms with Gasteiger partial charge in [-0.3, -0.25) is 0 Å². The van der Waals surface area contributed by atoms with Crippen molar-refractivity contribution in [3.8, 4) is 0 Å². The zero-order valence-corrected chi connectivity index (χ0v) is 13.0. The Kier molecular flexibility index (Phi) is 3.59. The van der Waals surface area contributed by atoms with Crippen LogP contribution >= 0.6 is 11.8 Å². The van der Waals surface area contributed by atoms with Crippen LogP contribution in [0.25, 0.3) is 0 Å². The number of fused-ring (bicyclic) bond motifs is 2. The van der Waals surface area contributed by atoms with Crippen molar-refractivity contribution in [2.24, 2.45) is 22.7 Å². The van der Waals surface area contributed by atoms with E-state index < -0.39 is 6.23 Å². The molecule has 0 aromatic heterocycles. The molecule has 3 aliphatic rings. The normalized spacial score (nSPS) is 45.6. The second-order valence-corrected chi connectivity index (χ2v) is 8.50. The molecular weight excluding hydrogens is 256 g/mol. The van der Waals surface area contributed by atoms with E-state index in [1.54, 1.807) is 11.8 Å². The van der Waals surface area contributed by atoms with Crippen LogP contribution in [0.5, 0.6) is 0 Å². The SMILES string of the molecule is CC(C)C1(C)SC(NC2CC3CCCC2C3)=NC1O. The average Bonchev–Trinajstić information content (AvgIpc) is 2.79. The quantitative estimate of drug-likeness (QED) is 0.818. The molecule has 3 nitrogen and oxygen atoms in total. The summed E-state index contributed by atoms with van der Waals surface area (Å²) in [5.41, 5.74) is 0. The Bertz CT molecular complexity index is 384. The lowest BCUT2D eigenvalue weighted by molar-refractivity contribution is 0.126. The van der Waals surface area contributed by atoms with E-state index in [9.17, 15) is 5.11 Å². The van der Waals surface area contributed by atoms with Crippen LogP contribution in [0.4, 0.5) is 0 Å². The van der Waals surface area contributed by atoms with E-state index in [0.717, 1.165) is 17.0 Å². The molecule has 108 valence electrons. The van der Waals surface area contributed by atoms with Crippen molar-refractivity contribution in [3.63, 3.8) is 0 Å². The van der Waals surface area contributed by atoms with Crippen molar-refractivity contribution in [2.75, 3.05) is 0 Å². The highest BCUT2D eigenvalue weighted by Crippen LogP contribution is 2.45. The van der Waals surface area contributed by atoms with Crippen LogP contribution in [0.3, 0.4) is 0 Å². The van der Waals surface area contributed by atoms with E-state index in [1.807, 2.05) is 0 Å². The van der Waals surface area contributed by atoms with Crippen LogP contribution in [0.1, 0.15) is 52.9 Å². The molecule has 0 amide bonds. The van der Waals surface area contributed by atoms with E-state index in [-0.39, 0.29) is 4.75 Å². The summed E-state index contributed by atoms with van der Waals surface area (Å²) >= 11 is 1.74. The predicted molar refractivity (Wildman–Crippen MR) is 81.3 cm³/mol. The van der Waals surface area contributed by atoms with Gasteiger partial charge in [-0.1, -0.05) is 38.5 Å². The van der Waals surface area contributed by atoms with Gasteiger partial charge < -0.3 is 10.4 Å². The molecule has 0 spiro atoms. The Morgan fingerprint density at radius 1 is 1.37 bits per heavy atom. The van der Waals surface area contributed by atoms with Crippen molar-refractivity contribution in [2.45, 2.75) is 69.9 Å². The number of aliphatic imine (C=N–C) groups is 1. The zero-order chi connectivity index (χ0) is 13.6. The van der Waals surface area contributed by atoms with Gasteiger partial charge in [0.2, 0.25) is 0 Å². The van der Waals surface area contributed by atoms with Gasteiger partial charge in [-0.15, -0.1) is 0 Å². The Hall–Kier alpha value is -0.220. The van der Waals surface area contributed by atoms with Gasteiger partial charge in [0, 0.05) is 6.04 Å². The highest BCUT2D eigenvalue weighted by molar-refractivity contribution is 8.15. The van der Waals surface area contributed by atoms with E-state index in [2.05, 4.69) is 31.1 Å². The number of hydrogen-bond acceptors (Lipinski definition) is 4. The molecule has 19 heavy (non-hydrogen) atoms. The standard InChI is InChI=1S/C15H26N2OS/c1-9(2)15(3)13(18)17-14(19-15)16-12-8-10-5-4-6-11(12)7-10/h9-13,18H,4-8H2,1-3H3,(H,16,17). The number of nitrogens with one attached hydrogen (secondary N) is 1. The lowest BCUT2D eigenvalue weighted by Gasteiger charge is -2.30. The van der Waals surface area contributed by atoms with Crippen molar-refractivity contribution < 1.29 is 5.11 Å². The summed E-state index contributed by atoms with van der Waals surface area (Å²) in [4.78, 5) is 4.46. The second-order valence-electron chi connectivity index (χ2n) is 7.03. The maximum absolute atomic E-state index is 10.2. The highest BCUT2D eigenvalue weighted by Gasteiger charge is 2.45. The molecule has 0 radical (unpaired) electrons. The molecule has 2 fully saturated rings. The fraction of sp³-hybridized carbons (Fsp3) is 0.933. The van der Waals surface area contributed by atoms with Gasteiger partial charge in [0.15, 0.2) is 11.4 Å². The molecule has 0 aromatic carbocycles. The van der Waals surface area contributed by atoms with Gasteiger partial charge in [0.05, 0.1) is 4.75 Å². The van der Waals surface area contributed by atoms with Crippen LogP contribution in [0, 0.1) is 17.8 Å². The third-order valence-corrected chi connectivity index (χ3v) is 7.04. The third-order valence-electron chi connectivity index (χ3n) is 5.50.